The van der Waals surface area contributed by atoms with Gasteiger partial charge in [-0.2, -0.15) is 0 Å². The lowest BCUT2D eigenvalue weighted by atomic mass is 10.1. The summed E-state index contributed by atoms with van der Waals surface area (Å²) in [5, 5.41) is 3.12. The summed E-state index contributed by atoms with van der Waals surface area (Å²) >= 11 is 0. The Morgan fingerprint density at radius 2 is 1.76 bits per heavy atom. The molecule has 2 aliphatic heterocycles. The third-order valence-corrected chi connectivity index (χ3v) is 5.62. The molecule has 1 aromatic carbocycles. The molecular formula is C20H32N4O. The first-order chi connectivity index (χ1) is 12.1. The fourth-order valence-corrected chi connectivity index (χ4v) is 3.93. The highest BCUT2D eigenvalue weighted by molar-refractivity contribution is 5.81. The average Bonchev–Trinajstić information content (AvgIpc) is 3.15. The van der Waals surface area contributed by atoms with Crippen LogP contribution in [0.5, 0.6) is 0 Å². The van der Waals surface area contributed by atoms with Crippen LogP contribution >= 0.6 is 0 Å². The van der Waals surface area contributed by atoms with Gasteiger partial charge in [0.2, 0.25) is 5.91 Å². The van der Waals surface area contributed by atoms with Gasteiger partial charge in [-0.3, -0.25) is 9.69 Å². The lowest BCUT2D eigenvalue weighted by Crippen LogP contribution is -2.54. The second kappa shape index (κ2) is 8.68. The molecule has 1 aromatic rings. The fourth-order valence-electron chi connectivity index (χ4n) is 3.93. The Bertz CT molecular complexity index is 563. The number of hydrogen-bond acceptors (Lipinski definition) is 4. The zero-order valence-corrected chi connectivity index (χ0v) is 15.7. The van der Waals surface area contributed by atoms with E-state index in [9.17, 15) is 4.79 Å². The van der Waals surface area contributed by atoms with Gasteiger partial charge in [-0.05, 0) is 51.4 Å². The second-order valence-corrected chi connectivity index (χ2v) is 7.33. The molecule has 5 nitrogen and oxygen atoms in total. The first-order valence-corrected chi connectivity index (χ1v) is 9.70. The van der Waals surface area contributed by atoms with Gasteiger partial charge in [0.1, 0.15) is 0 Å². The Kier molecular flexibility index (Phi) is 6.32. The highest BCUT2D eigenvalue weighted by Crippen LogP contribution is 2.21. The molecule has 2 fully saturated rings. The Balaban J connectivity index is 1.42. The predicted octanol–water partition coefficient (Wildman–Crippen LogP) is 1.72. The van der Waals surface area contributed by atoms with Gasteiger partial charge in [0.25, 0.3) is 0 Å². The predicted molar refractivity (Wildman–Crippen MR) is 103 cm³/mol. The molecule has 2 aliphatic rings. The molecule has 0 radical (unpaired) electrons. The van der Waals surface area contributed by atoms with Crippen molar-refractivity contribution in [1.82, 2.24) is 15.1 Å². The van der Waals surface area contributed by atoms with Crippen molar-refractivity contribution in [1.29, 1.82) is 0 Å². The zero-order chi connectivity index (χ0) is 17.6. The number of rotatable bonds is 6. The van der Waals surface area contributed by atoms with E-state index < -0.39 is 0 Å². The normalized spacial score (nSPS) is 20.6. The van der Waals surface area contributed by atoms with Gasteiger partial charge in [-0.25, -0.2) is 0 Å². The standard InChI is InChI=1S/C20H32N4O/c1-17-7-3-4-8-19(17)24-15-13-23(14-16-24)18(2)20(25)21-9-12-22-10-5-6-11-22/h3-4,7-8,18H,5-6,9-16H2,1-2H3,(H,21,25)/t18-/m0/s1. The van der Waals surface area contributed by atoms with Gasteiger partial charge in [-0.1, -0.05) is 18.2 Å². The van der Waals surface area contributed by atoms with E-state index in [0.717, 1.165) is 39.3 Å². The Morgan fingerprint density at radius 1 is 1.08 bits per heavy atom. The monoisotopic (exact) mass is 344 g/mol. The lowest BCUT2D eigenvalue weighted by Gasteiger charge is -2.39. The summed E-state index contributed by atoms with van der Waals surface area (Å²) < 4.78 is 0. The number of benzene rings is 1. The van der Waals surface area contributed by atoms with Crippen molar-refractivity contribution in [3.63, 3.8) is 0 Å². The van der Waals surface area contributed by atoms with E-state index in [1.165, 1.54) is 37.2 Å². The van der Waals surface area contributed by atoms with Crippen molar-refractivity contribution in [2.24, 2.45) is 0 Å². The molecule has 2 heterocycles. The summed E-state index contributed by atoms with van der Waals surface area (Å²) in [5.41, 5.74) is 2.65. The first kappa shape index (κ1) is 18.2. The average molecular weight is 345 g/mol. The van der Waals surface area contributed by atoms with Crippen molar-refractivity contribution in [2.45, 2.75) is 32.7 Å². The fraction of sp³-hybridized carbons (Fsp3) is 0.650. The van der Waals surface area contributed by atoms with Crippen molar-refractivity contribution >= 4 is 11.6 Å². The van der Waals surface area contributed by atoms with E-state index in [0.29, 0.717) is 0 Å². The molecule has 0 spiro atoms. The van der Waals surface area contributed by atoms with Crippen LogP contribution < -0.4 is 10.2 Å². The molecule has 0 saturated carbocycles. The molecule has 0 aliphatic carbocycles. The number of amides is 1. The van der Waals surface area contributed by atoms with E-state index in [2.05, 4.69) is 51.2 Å². The highest BCUT2D eigenvalue weighted by atomic mass is 16.2. The Morgan fingerprint density at radius 3 is 2.44 bits per heavy atom. The summed E-state index contributed by atoms with van der Waals surface area (Å²) in [6.45, 7) is 12.2. The largest absolute Gasteiger partial charge is 0.369 e. The van der Waals surface area contributed by atoms with Crippen LogP contribution in [0.1, 0.15) is 25.3 Å². The molecule has 2 saturated heterocycles. The maximum atomic E-state index is 12.4. The number of hydrogen-bond donors (Lipinski definition) is 1. The molecule has 1 amide bonds. The number of piperazine rings is 1. The van der Waals surface area contributed by atoms with Crippen LogP contribution in [0.2, 0.25) is 0 Å². The number of nitrogens with zero attached hydrogens (tertiary/aromatic N) is 3. The van der Waals surface area contributed by atoms with Crippen LogP contribution in [-0.2, 0) is 4.79 Å². The molecule has 1 N–H and O–H groups in total. The van der Waals surface area contributed by atoms with Gasteiger partial charge in [0.15, 0.2) is 0 Å². The number of nitrogens with one attached hydrogen (secondary N) is 1. The minimum atomic E-state index is -0.0439. The van der Waals surface area contributed by atoms with Crippen molar-refractivity contribution in [3.8, 4) is 0 Å². The Labute approximate surface area is 152 Å². The van der Waals surface area contributed by atoms with Crippen LogP contribution in [0.4, 0.5) is 5.69 Å². The van der Waals surface area contributed by atoms with Gasteiger partial charge in [-0.15, -0.1) is 0 Å². The molecule has 1 atom stereocenters. The van der Waals surface area contributed by atoms with E-state index >= 15 is 0 Å². The summed E-state index contributed by atoms with van der Waals surface area (Å²) in [4.78, 5) is 19.6. The molecule has 0 aromatic heterocycles. The first-order valence-electron chi connectivity index (χ1n) is 9.70. The van der Waals surface area contributed by atoms with Crippen molar-refractivity contribution in [3.05, 3.63) is 29.8 Å². The van der Waals surface area contributed by atoms with E-state index in [1.807, 2.05) is 6.92 Å². The molecular weight excluding hydrogens is 312 g/mol. The van der Waals surface area contributed by atoms with Crippen molar-refractivity contribution < 1.29 is 4.79 Å². The van der Waals surface area contributed by atoms with Crippen LogP contribution in [0.25, 0.3) is 0 Å². The minimum Gasteiger partial charge on any atom is -0.369 e. The number of carbonyl (C=O) groups is 1. The van der Waals surface area contributed by atoms with Crippen molar-refractivity contribution in [2.75, 3.05) is 57.3 Å². The molecule has 138 valence electrons. The number of anilines is 1. The van der Waals surface area contributed by atoms with Crippen LogP contribution in [0.15, 0.2) is 24.3 Å². The summed E-state index contributed by atoms with van der Waals surface area (Å²) in [6.07, 6.45) is 2.60. The second-order valence-electron chi connectivity index (χ2n) is 7.33. The third-order valence-electron chi connectivity index (χ3n) is 5.62. The van der Waals surface area contributed by atoms with Crippen LogP contribution in [0.3, 0.4) is 0 Å². The van der Waals surface area contributed by atoms with E-state index in [-0.39, 0.29) is 11.9 Å². The maximum Gasteiger partial charge on any atom is 0.237 e. The highest BCUT2D eigenvalue weighted by Gasteiger charge is 2.26. The third kappa shape index (κ3) is 4.73. The van der Waals surface area contributed by atoms with Gasteiger partial charge < -0.3 is 15.1 Å². The lowest BCUT2D eigenvalue weighted by molar-refractivity contribution is -0.126. The van der Waals surface area contributed by atoms with Gasteiger partial charge >= 0.3 is 0 Å². The van der Waals surface area contributed by atoms with Crippen LogP contribution in [-0.4, -0.2) is 74.1 Å². The number of aryl methyl sites for hydroxylation is 1. The summed E-state index contributed by atoms with van der Waals surface area (Å²) in [5.74, 6) is 0.170. The van der Waals surface area contributed by atoms with Gasteiger partial charge in [0.05, 0.1) is 6.04 Å². The van der Waals surface area contributed by atoms with E-state index in [1.54, 1.807) is 0 Å². The number of para-hydroxylation sites is 1. The smallest absolute Gasteiger partial charge is 0.237 e. The van der Waals surface area contributed by atoms with E-state index in [4.69, 9.17) is 0 Å². The molecule has 0 unspecified atom stereocenters. The molecule has 3 rings (SSSR count). The Hall–Kier alpha value is -1.59. The number of likely N-dealkylation sites (tertiary alicyclic amines) is 1. The topological polar surface area (TPSA) is 38.8 Å². The minimum absolute atomic E-state index is 0.0439. The van der Waals surface area contributed by atoms with Gasteiger partial charge in [0, 0.05) is 45.0 Å². The van der Waals surface area contributed by atoms with Crippen LogP contribution in [0, 0.1) is 6.92 Å². The summed E-state index contributed by atoms with van der Waals surface area (Å²) in [7, 11) is 0. The molecule has 5 heteroatoms. The number of carbonyl (C=O) groups excluding carboxylic acids is 1. The molecule has 25 heavy (non-hydrogen) atoms. The quantitative estimate of drug-likeness (QED) is 0.853. The SMILES string of the molecule is Cc1ccccc1N1CCN([C@@H](C)C(=O)NCCN2CCCC2)CC1. The molecule has 0 bridgehead atoms. The zero-order valence-electron chi connectivity index (χ0n) is 15.7. The summed E-state index contributed by atoms with van der Waals surface area (Å²) in [6, 6.07) is 8.50. The maximum absolute atomic E-state index is 12.4.